The molecule has 0 spiro atoms. The first-order chi connectivity index (χ1) is 6.72. The quantitative estimate of drug-likeness (QED) is 0.760. The van der Waals surface area contributed by atoms with Crippen LogP contribution in [0, 0.1) is 5.92 Å². The van der Waals surface area contributed by atoms with Crippen LogP contribution in [0.15, 0.2) is 30.3 Å². The van der Waals surface area contributed by atoms with Gasteiger partial charge in [0, 0.05) is 0 Å². The average molecular weight is 192 g/mol. The largest absolute Gasteiger partial charge is 0.393 e. The Kier molecular flexibility index (Phi) is 4.68. The smallest absolute Gasteiger partial charge is 0.0540 e. The molecule has 2 unspecified atom stereocenters. The predicted octanol–water partition coefficient (Wildman–Crippen LogP) is 3.03. The highest BCUT2D eigenvalue weighted by Crippen LogP contribution is 2.14. The van der Waals surface area contributed by atoms with Crippen LogP contribution in [0.2, 0.25) is 0 Å². The fourth-order valence-corrected chi connectivity index (χ4v) is 1.73. The van der Waals surface area contributed by atoms with Gasteiger partial charge >= 0.3 is 0 Å². The van der Waals surface area contributed by atoms with Crippen molar-refractivity contribution in [1.82, 2.24) is 0 Å². The summed E-state index contributed by atoms with van der Waals surface area (Å²) in [5, 5.41) is 9.51. The van der Waals surface area contributed by atoms with Crippen molar-refractivity contribution < 1.29 is 5.11 Å². The monoisotopic (exact) mass is 192 g/mol. The van der Waals surface area contributed by atoms with E-state index in [2.05, 4.69) is 31.2 Å². The van der Waals surface area contributed by atoms with Crippen molar-refractivity contribution in [2.75, 3.05) is 0 Å². The summed E-state index contributed by atoms with van der Waals surface area (Å²) in [5.41, 5.74) is 1.36. The third-order valence-electron chi connectivity index (χ3n) is 2.57. The first-order valence-corrected chi connectivity index (χ1v) is 5.44. The number of rotatable bonds is 5. The molecule has 1 rings (SSSR count). The molecule has 0 aromatic heterocycles. The minimum atomic E-state index is -0.131. The zero-order chi connectivity index (χ0) is 10.4. The second-order valence-electron chi connectivity index (χ2n) is 4.09. The van der Waals surface area contributed by atoms with Gasteiger partial charge in [-0.05, 0) is 30.7 Å². The van der Waals surface area contributed by atoms with Gasteiger partial charge in [-0.2, -0.15) is 0 Å². The lowest BCUT2D eigenvalue weighted by molar-refractivity contribution is 0.141. The molecule has 1 N–H and O–H groups in total. The Labute approximate surface area is 86.8 Å². The van der Waals surface area contributed by atoms with E-state index in [-0.39, 0.29) is 6.10 Å². The zero-order valence-electron chi connectivity index (χ0n) is 9.11. The van der Waals surface area contributed by atoms with Crippen LogP contribution in [0.5, 0.6) is 0 Å². The summed E-state index contributed by atoms with van der Waals surface area (Å²) in [6.45, 7) is 4.23. The van der Waals surface area contributed by atoms with Gasteiger partial charge in [-0.3, -0.25) is 0 Å². The highest BCUT2D eigenvalue weighted by Gasteiger charge is 2.08. The summed E-state index contributed by atoms with van der Waals surface area (Å²) in [4.78, 5) is 0. The molecule has 1 heteroatoms. The van der Waals surface area contributed by atoms with Gasteiger partial charge in [0.25, 0.3) is 0 Å². The van der Waals surface area contributed by atoms with E-state index in [0.29, 0.717) is 5.92 Å². The van der Waals surface area contributed by atoms with E-state index in [9.17, 15) is 5.11 Å². The maximum atomic E-state index is 9.51. The van der Waals surface area contributed by atoms with Crippen molar-refractivity contribution in [3.63, 3.8) is 0 Å². The Morgan fingerprint density at radius 1 is 1.21 bits per heavy atom. The Morgan fingerprint density at radius 2 is 1.86 bits per heavy atom. The van der Waals surface area contributed by atoms with E-state index in [1.54, 1.807) is 0 Å². The second-order valence-corrected chi connectivity index (χ2v) is 4.09. The minimum absolute atomic E-state index is 0.131. The van der Waals surface area contributed by atoms with Crippen LogP contribution >= 0.6 is 0 Å². The first-order valence-electron chi connectivity index (χ1n) is 5.44. The molecule has 0 radical (unpaired) electrons. The van der Waals surface area contributed by atoms with Crippen LogP contribution < -0.4 is 0 Å². The molecular formula is C13H20O. The molecule has 0 saturated carbocycles. The van der Waals surface area contributed by atoms with Crippen molar-refractivity contribution in [3.05, 3.63) is 35.9 Å². The maximum absolute atomic E-state index is 9.51. The first kappa shape index (κ1) is 11.3. The second kappa shape index (κ2) is 5.82. The number of benzene rings is 1. The molecule has 14 heavy (non-hydrogen) atoms. The summed E-state index contributed by atoms with van der Waals surface area (Å²) < 4.78 is 0. The summed E-state index contributed by atoms with van der Waals surface area (Å²) in [5.74, 6) is 0.562. The highest BCUT2D eigenvalue weighted by atomic mass is 16.3. The lowest BCUT2D eigenvalue weighted by atomic mass is 9.95. The van der Waals surface area contributed by atoms with Gasteiger partial charge in [0.05, 0.1) is 6.10 Å². The zero-order valence-corrected chi connectivity index (χ0v) is 9.11. The fraction of sp³-hybridized carbons (Fsp3) is 0.538. The lowest BCUT2D eigenvalue weighted by Crippen LogP contribution is -2.12. The number of aliphatic hydroxyl groups excluding tert-OH is 1. The molecule has 78 valence electrons. The molecule has 1 nitrogen and oxygen atoms in total. The van der Waals surface area contributed by atoms with Crippen LogP contribution in [0.4, 0.5) is 0 Å². The van der Waals surface area contributed by atoms with E-state index < -0.39 is 0 Å². The van der Waals surface area contributed by atoms with Gasteiger partial charge < -0.3 is 5.11 Å². The summed E-state index contributed by atoms with van der Waals surface area (Å²) >= 11 is 0. The van der Waals surface area contributed by atoms with Crippen LogP contribution in [0.3, 0.4) is 0 Å². The van der Waals surface area contributed by atoms with Crippen LogP contribution in [-0.4, -0.2) is 11.2 Å². The molecule has 0 heterocycles. The van der Waals surface area contributed by atoms with Crippen LogP contribution in [0.25, 0.3) is 0 Å². The highest BCUT2D eigenvalue weighted by molar-refractivity contribution is 5.15. The molecule has 0 aliphatic carbocycles. The molecule has 0 fully saturated rings. The van der Waals surface area contributed by atoms with Gasteiger partial charge in [0.1, 0.15) is 0 Å². The minimum Gasteiger partial charge on any atom is -0.393 e. The Hall–Kier alpha value is -0.820. The molecule has 0 saturated heterocycles. The molecule has 0 aliphatic heterocycles. The van der Waals surface area contributed by atoms with Crippen LogP contribution in [0.1, 0.15) is 32.3 Å². The molecule has 0 aliphatic rings. The third-order valence-corrected chi connectivity index (χ3v) is 2.57. The van der Waals surface area contributed by atoms with Crippen molar-refractivity contribution in [2.24, 2.45) is 5.92 Å². The number of aliphatic hydroxyl groups is 1. The van der Waals surface area contributed by atoms with Gasteiger partial charge in [0.2, 0.25) is 0 Å². The molecule has 2 atom stereocenters. The maximum Gasteiger partial charge on any atom is 0.0540 e. The van der Waals surface area contributed by atoms with Crippen molar-refractivity contribution >= 4 is 0 Å². The van der Waals surface area contributed by atoms with Gasteiger partial charge in [-0.1, -0.05) is 44.2 Å². The summed E-state index contributed by atoms with van der Waals surface area (Å²) in [6, 6.07) is 10.5. The fourth-order valence-electron chi connectivity index (χ4n) is 1.73. The Morgan fingerprint density at radius 3 is 2.43 bits per heavy atom. The van der Waals surface area contributed by atoms with Gasteiger partial charge in [-0.15, -0.1) is 0 Å². The average Bonchev–Trinajstić information content (AvgIpc) is 2.19. The Balaban J connectivity index is 2.37. The summed E-state index contributed by atoms with van der Waals surface area (Å²) in [6.07, 6.45) is 2.70. The standard InChI is InChI=1S/C13H20O/c1-3-13(14)10-11(2)9-12-7-5-4-6-8-12/h4-8,11,13-14H,3,9-10H2,1-2H3. The number of hydrogen-bond donors (Lipinski definition) is 1. The van der Waals surface area contributed by atoms with E-state index in [1.165, 1.54) is 5.56 Å². The lowest BCUT2D eigenvalue weighted by Gasteiger charge is -2.14. The summed E-state index contributed by atoms with van der Waals surface area (Å²) in [7, 11) is 0. The van der Waals surface area contributed by atoms with E-state index >= 15 is 0 Å². The number of hydrogen-bond acceptors (Lipinski definition) is 1. The van der Waals surface area contributed by atoms with Crippen LogP contribution in [-0.2, 0) is 6.42 Å². The van der Waals surface area contributed by atoms with Crippen molar-refractivity contribution in [1.29, 1.82) is 0 Å². The topological polar surface area (TPSA) is 20.2 Å². The van der Waals surface area contributed by atoms with Crippen molar-refractivity contribution in [3.8, 4) is 0 Å². The van der Waals surface area contributed by atoms with E-state index in [0.717, 1.165) is 19.3 Å². The van der Waals surface area contributed by atoms with Crippen molar-refractivity contribution in [2.45, 2.75) is 39.2 Å². The van der Waals surface area contributed by atoms with Gasteiger partial charge in [0.15, 0.2) is 0 Å². The molecule has 0 amide bonds. The van der Waals surface area contributed by atoms with E-state index in [1.807, 2.05) is 13.0 Å². The van der Waals surface area contributed by atoms with E-state index in [4.69, 9.17) is 0 Å². The Bertz CT molecular complexity index is 243. The molecule has 0 bridgehead atoms. The van der Waals surface area contributed by atoms with Gasteiger partial charge in [-0.25, -0.2) is 0 Å². The molecule has 1 aromatic carbocycles. The SMILES string of the molecule is CCC(O)CC(C)Cc1ccccc1. The molecular weight excluding hydrogens is 172 g/mol. The predicted molar refractivity (Wildman–Crippen MR) is 60.2 cm³/mol. The normalized spacial score (nSPS) is 15.1. The molecule has 1 aromatic rings. The third kappa shape index (κ3) is 3.93.